The summed E-state index contributed by atoms with van der Waals surface area (Å²) in [6.07, 6.45) is 6.84. The van der Waals surface area contributed by atoms with Crippen molar-refractivity contribution in [2.75, 3.05) is 4.90 Å². The van der Waals surface area contributed by atoms with Gasteiger partial charge in [-0.15, -0.1) is 0 Å². The van der Waals surface area contributed by atoms with Crippen LogP contribution in [0.1, 0.15) is 37.8 Å². The van der Waals surface area contributed by atoms with Gasteiger partial charge in [-0.2, -0.15) is 0 Å². The molecule has 3 heteroatoms. The van der Waals surface area contributed by atoms with Crippen LogP contribution >= 0.6 is 0 Å². The molecule has 2 aliphatic carbocycles. The summed E-state index contributed by atoms with van der Waals surface area (Å²) in [6.45, 7) is 4.79. The summed E-state index contributed by atoms with van der Waals surface area (Å²) in [6, 6.07) is 40.8. The molecule has 0 amide bonds. The zero-order valence-corrected chi connectivity index (χ0v) is 25.8. The maximum absolute atomic E-state index is 7.22. The number of fused-ring (bicyclic) bond motifs is 12. The number of rotatable bonds is 3. The minimum Gasteiger partial charge on any atom is -0.456 e. The Kier molecular flexibility index (Phi) is 5.18. The number of hydrogen-bond donors (Lipinski definition) is 0. The van der Waals surface area contributed by atoms with Crippen molar-refractivity contribution in [3.63, 3.8) is 0 Å². The lowest BCUT2D eigenvalue weighted by Gasteiger charge is -2.26. The lowest BCUT2D eigenvalue weighted by molar-refractivity contribution is 0.610. The third-order valence-electron chi connectivity index (χ3n) is 10.3. The molecule has 46 heavy (non-hydrogen) atoms. The zero-order chi connectivity index (χ0) is 30.6. The van der Waals surface area contributed by atoms with E-state index in [9.17, 15) is 0 Å². The summed E-state index contributed by atoms with van der Waals surface area (Å²) in [5.74, 6) is 0. The van der Waals surface area contributed by atoms with Gasteiger partial charge in [-0.25, -0.2) is 0 Å². The number of allylic oxidation sites excluding steroid dienone is 4. The van der Waals surface area contributed by atoms with Crippen molar-refractivity contribution in [3.8, 4) is 0 Å². The Morgan fingerprint density at radius 1 is 0.609 bits per heavy atom. The Balaban J connectivity index is 1.31. The maximum atomic E-state index is 7.22. The molecule has 0 spiro atoms. The molecular formula is C43H31NO2. The molecule has 0 saturated carbocycles. The SMILES string of the molecule is CC1(C)C2=C(C=CCC2)c2c1c1ccccc1c1c2oc2c(N(c3ccccc3)c3ccc4oc5ccccc5c4c3)cccc21. The van der Waals surface area contributed by atoms with Gasteiger partial charge in [0.15, 0.2) is 5.58 Å². The molecule has 10 rings (SSSR count). The van der Waals surface area contributed by atoms with Crippen molar-refractivity contribution in [3.05, 3.63) is 144 Å². The highest BCUT2D eigenvalue weighted by Gasteiger charge is 2.41. The number of hydrogen-bond acceptors (Lipinski definition) is 3. The van der Waals surface area contributed by atoms with Gasteiger partial charge in [0.25, 0.3) is 0 Å². The fourth-order valence-corrected chi connectivity index (χ4v) is 8.35. The summed E-state index contributed by atoms with van der Waals surface area (Å²) < 4.78 is 13.4. The molecule has 220 valence electrons. The van der Waals surface area contributed by atoms with Crippen molar-refractivity contribution in [2.24, 2.45) is 0 Å². The van der Waals surface area contributed by atoms with Gasteiger partial charge < -0.3 is 13.7 Å². The van der Waals surface area contributed by atoms with Crippen LogP contribution in [-0.2, 0) is 5.41 Å². The molecule has 0 atom stereocenters. The van der Waals surface area contributed by atoms with Gasteiger partial charge in [-0.05, 0) is 77.2 Å². The number of para-hydroxylation sites is 3. The smallest absolute Gasteiger partial charge is 0.159 e. The lowest BCUT2D eigenvalue weighted by atomic mass is 9.76. The Morgan fingerprint density at radius 3 is 2.22 bits per heavy atom. The van der Waals surface area contributed by atoms with E-state index in [1.165, 1.54) is 38.4 Å². The van der Waals surface area contributed by atoms with Gasteiger partial charge in [-0.3, -0.25) is 0 Å². The van der Waals surface area contributed by atoms with E-state index in [0.717, 1.165) is 68.4 Å². The molecule has 2 aromatic heterocycles. The number of nitrogens with zero attached hydrogens (tertiary/aromatic N) is 1. The maximum Gasteiger partial charge on any atom is 0.159 e. The molecule has 0 unspecified atom stereocenters. The van der Waals surface area contributed by atoms with Gasteiger partial charge in [0.1, 0.15) is 16.7 Å². The lowest BCUT2D eigenvalue weighted by Crippen LogP contribution is -2.18. The van der Waals surface area contributed by atoms with E-state index in [1.807, 2.05) is 12.1 Å². The molecule has 0 fully saturated rings. The number of benzene rings is 6. The highest BCUT2D eigenvalue weighted by atomic mass is 16.3. The molecule has 6 aromatic carbocycles. The van der Waals surface area contributed by atoms with Crippen LogP contribution in [0.15, 0.2) is 142 Å². The molecule has 0 radical (unpaired) electrons. The van der Waals surface area contributed by atoms with Crippen LogP contribution in [-0.4, -0.2) is 0 Å². The van der Waals surface area contributed by atoms with E-state index < -0.39 is 0 Å². The van der Waals surface area contributed by atoms with Crippen molar-refractivity contribution in [1.29, 1.82) is 0 Å². The van der Waals surface area contributed by atoms with Crippen LogP contribution < -0.4 is 4.90 Å². The second kappa shape index (κ2) is 9.24. The second-order valence-corrected chi connectivity index (χ2v) is 13.2. The van der Waals surface area contributed by atoms with E-state index in [0.29, 0.717) is 0 Å². The summed E-state index contributed by atoms with van der Waals surface area (Å²) in [5.41, 5.74) is 12.3. The van der Waals surface area contributed by atoms with E-state index in [1.54, 1.807) is 0 Å². The van der Waals surface area contributed by atoms with Crippen LogP contribution in [0.2, 0.25) is 0 Å². The van der Waals surface area contributed by atoms with Crippen LogP contribution in [0.5, 0.6) is 0 Å². The Bertz CT molecular complexity index is 2610. The van der Waals surface area contributed by atoms with Gasteiger partial charge in [0.05, 0.1) is 5.69 Å². The van der Waals surface area contributed by atoms with Crippen molar-refractivity contribution in [2.45, 2.75) is 32.1 Å². The minimum absolute atomic E-state index is 0.0656. The first-order valence-electron chi connectivity index (χ1n) is 16.2. The molecule has 8 aromatic rings. The summed E-state index contributed by atoms with van der Waals surface area (Å²) in [7, 11) is 0. The molecule has 0 saturated heterocycles. The van der Waals surface area contributed by atoms with Gasteiger partial charge in [0.2, 0.25) is 0 Å². The van der Waals surface area contributed by atoms with Crippen LogP contribution in [0.4, 0.5) is 17.1 Å². The van der Waals surface area contributed by atoms with Gasteiger partial charge in [0, 0.05) is 43.9 Å². The van der Waals surface area contributed by atoms with Crippen LogP contribution in [0, 0.1) is 0 Å². The fourth-order valence-electron chi connectivity index (χ4n) is 8.35. The Labute approximate surface area is 266 Å². The zero-order valence-electron chi connectivity index (χ0n) is 25.8. The summed E-state index contributed by atoms with van der Waals surface area (Å²) >= 11 is 0. The monoisotopic (exact) mass is 593 g/mol. The molecule has 0 aliphatic heterocycles. The van der Waals surface area contributed by atoms with E-state index >= 15 is 0 Å². The predicted molar refractivity (Wildman–Crippen MR) is 192 cm³/mol. The molecule has 2 aliphatic rings. The first-order valence-corrected chi connectivity index (χ1v) is 16.2. The molecule has 2 heterocycles. The van der Waals surface area contributed by atoms with E-state index in [4.69, 9.17) is 8.83 Å². The first-order chi connectivity index (χ1) is 22.6. The van der Waals surface area contributed by atoms with Crippen molar-refractivity contribution in [1.82, 2.24) is 0 Å². The fraction of sp³-hybridized carbons (Fsp3) is 0.116. The third-order valence-corrected chi connectivity index (χ3v) is 10.3. The Morgan fingerprint density at radius 2 is 1.35 bits per heavy atom. The summed E-state index contributed by atoms with van der Waals surface area (Å²) in [4.78, 5) is 2.32. The third kappa shape index (κ3) is 3.37. The second-order valence-electron chi connectivity index (χ2n) is 13.2. The highest BCUT2D eigenvalue weighted by molar-refractivity contribution is 6.25. The highest BCUT2D eigenvalue weighted by Crippen LogP contribution is 2.57. The van der Waals surface area contributed by atoms with Crippen molar-refractivity contribution >= 4 is 77.3 Å². The van der Waals surface area contributed by atoms with Gasteiger partial charge >= 0.3 is 0 Å². The minimum atomic E-state index is -0.0656. The first kappa shape index (κ1) is 25.8. The van der Waals surface area contributed by atoms with E-state index in [2.05, 4.69) is 134 Å². The number of anilines is 3. The topological polar surface area (TPSA) is 29.5 Å². The summed E-state index contributed by atoms with van der Waals surface area (Å²) in [5, 5.41) is 7.11. The quantitative estimate of drug-likeness (QED) is 0.204. The average Bonchev–Trinajstić information content (AvgIpc) is 3.74. The average molecular weight is 594 g/mol. The van der Waals surface area contributed by atoms with Crippen molar-refractivity contribution < 1.29 is 8.83 Å². The normalized spacial score (nSPS) is 15.4. The molecular weight excluding hydrogens is 562 g/mol. The van der Waals surface area contributed by atoms with E-state index in [-0.39, 0.29) is 5.41 Å². The predicted octanol–water partition coefficient (Wildman–Crippen LogP) is 12.5. The number of furan rings is 2. The molecule has 3 nitrogen and oxygen atoms in total. The van der Waals surface area contributed by atoms with Crippen LogP contribution in [0.25, 0.3) is 60.2 Å². The van der Waals surface area contributed by atoms with Crippen LogP contribution in [0.3, 0.4) is 0 Å². The Hall–Kier alpha value is -5.54. The largest absolute Gasteiger partial charge is 0.456 e. The molecule has 0 N–H and O–H groups in total. The molecule has 0 bridgehead atoms. The van der Waals surface area contributed by atoms with Gasteiger partial charge in [-0.1, -0.05) is 104 Å². The standard InChI is InChI=1S/C43H31NO2/c1-43(2)34-20-10-8-18-31(34)39-40(43)30-17-7-6-16-29(30)38-32-19-12-21-35(41(32)46-42(38)39)44(26-13-4-3-5-14-26)27-23-24-37-33(25-27)28-15-9-11-22-36(28)45-37/h3-9,11-19,21-25H,10,20H2,1-2H3.